The molecule has 0 radical (unpaired) electrons. The first-order chi connectivity index (χ1) is 8.66. The van der Waals surface area contributed by atoms with E-state index in [9.17, 15) is 4.79 Å². The maximum absolute atomic E-state index is 12.2. The van der Waals surface area contributed by atoms with Gasteiger partial charge >= 0.3 is 0 Å². The number of ether oxygens (including phenoxy) is 1. The summed E-state index contributed by atoms with van der Waals surface area (Å²) >= 11 is 2.21. The topological polar surface area (TPSA) is 41.6 Å². The van der Waals surface area contributed by atoms with Crippen LogP contribution in [0.4, 0.5) is 0 Å². The lowest BCUT2D eigenvalue weighted by atomic mass is 10.2. The Bertz CT molecular complexity index is 419. The zero-order valence-corrected chi connectivity index (χ0v) is 12.5. The first kappa shape index (κ1) is 13.8. The van der Waals surface area contributed by atoms with Crippen molar-refractivity contribution in [3.05, 3.63) is 33.4 Å². The standard InChI is InChI=1S/C13H17IN2O2/c1-16(9-12-8-15-5-6-18-12)13(17)10-3-2-4-11(14)7-10/h2-4,7,12,15H,5-6,8-9H2,1H3. The number of halogens is 1. The molecule has 0 saturated carbocycles. The van der Waals surface area contributed by atoms with Crippen LogP contribution in [0.2, 0.25) is 0 Å². The molecule has 1 unspecified atom stereocenters. The normalized spacial score (nSPS) is 19.6. The zero-order valence-electron chi connectivity index (χ0n) is 10.4. The van der Waals surface area contributed by atoms with Crippen LogP contribution in [0, 0.1) is 3.57 Å². The van der Waals surface area contributed by atoms with Crippen LogP contribution in [-0.2, 0) is 4.74 Å². The number of nitrogens with zero attached hydrogens (tertiary/aromatic N) is 1. The molecule has 1 saturated heterocycles. The summed E-state index contributed by atoms with van der Waals surface area (Å²) in [6.07, 6.45) is 0.0930. The number of carbonyl (C=O) groups is 1. The van der Waals surface area contributed by atoms with Gasteiger partial charge in [0.05, 0.1) is 12.7 Å². The highest BCUT2D eigenvalue weighted by Crippen LogP contribution is 2.10. The molecule has 1 aliphatic heterocycles. The maximum atomic E-state index is 12.2. The molecule has 1 atom stereocenters. The Morgan fingerprint density at radius 3 is 3.11 bits per heavy atom. The zero-order chi connectivity index (χ0) is 13.0. The van der Waals surface area contributed by atoms with E-state index in [0.717, 1.165) is 28.8 Å². The number of benzene rings is 1. The Morgan fingerprint density at radius 1 is 1.61 bits per heavy atom. The van der Waals surface area contributed by atoms with Crippen molar-refractivity contribution in [2.75, 3.05) is 33.3 Å². The maximum Gasteiger partial charge on any atom is 0.253 e. The number of amides is 1. The molecule has 1 amide bonds. The molecular weight excluding hydrogens is 343 g/mol. The highest BCUT2D eigenvalue weighted by molar-refractivity contribution is 14.1. The van der Waals surface area contributed by atoms with E-state index < -0.39 is 0 Å². The minimum absolute atomic E-state index is 0.0442. The Balaban J connectivity index is 1.95. The van der Waals surface area contributed by atoms with Crippen LogP contribution in [-0.4, -0.2) is 50.2 Å². The van der Waals surface area contributed by atoms with Crippen molar-refractivity contribution in [2.45, 2.75) is 6.10 Å². The van der Waals surface area contributed by atoms with E-state index in [0.29, 0.717) is 6.54 Å². The number of carbonyl (C=O) groups excluding carboxylic acids is 1. The lowest BCUT2D eigenvalue weighted by Gasteiger charge is -2.28. The van der Waals surface area contributed by atoms with Gasteiger partial charge in [-0.2, -0.15) is 0 Å². The van der Waals surface area contributed by atoms with E-state index in [2.05, 4.69) is 27.9 Å². The molecule has 18 heavy (non-hydrogen) atoms. The summed E-state index contributed by atoms with van der Waals surface area (Å²) in [4.78, 5) is 13.9. The Labute approximate surface area is 121 Å². The summed E-state index contributed by atoms with van der Waals surface area (Å²) in [7, 11) is 1.82. The summed E-state index contributed by atoms with van der Waals surface area (Å²) in [5.41, 5.74) is 0.730. The van der Waals surface area contributed by atoms with E-state index in [1.54, 1.807) is 4.90 Å². The van der Waals surface area contributed by atoms with Gasteiger partial charge in [0.2, 0.25) is 0 Å². The fraction of sp³-hybridized carbons (Fsp3) is 0.462. The Morgan fingerprint density at radius 2 is 2.44 bits per heavy atom. The minimum Gasteiger partial charge on any atom is -0.374 e. The molecule has 4 nitrogen and oxygen atoms in total. The quantitative estimate of drug-likeness (QED) is 0.828. The Kier molecular flexibility index (Phi) is 4.96. The van der Waals surface area contributed by atoms with Gasteiger partial charge in [0.1, 0.15) is 0 Å². The van der Waals surface area contributed by atoms with Crippen molar-refractivity contribution in [1.82, 2.24) is 10.2 Å². The number of morpholine rings is 1. The van der Waals surface area contributed by atoms with Gasteiger partial charge in [-0.3, -0.25) is 4.79 Å². The fourth-order valence-electron chi connectivity index (χ4n) is 1.97. The summed E-state index contributed by atoms with van der Waals surface area (Å²) in [6, 6.07) is 7.63. The smallest absolute Gasteiger partial charge is 0.253 e. The van der Waals surface area contributed by atoms with Crippen molar-refractivity contribution in [2.24, 2.45) is 0 Å². The molecule has 0 spiro atoms. The van der Waals surface area contributed by atoms with E-state index in [1.165, 1.54) is 0 Å². The van der Waals surface area contributed by atoms with Crippen LogP contribution in [0.5, 0.6) is 0 Å². The van der Waals surface area contributed by atoms with Crippen LogP contribution < -0.4 is 5.32 Å². The van der Waals surface area contributed by atoms with Crippen LogP contribution in [0.3, 0.4) is 0 Å². The average Bonchev–Trinajstić information content (AvgIpc) is 2.39. The lowest BCUT2D eigenvalue weighted by Crippen LogP contribution is -2.45. The van der Waals surface area contributed by atoms with Gasteiger partial charge in [0.15, 0.2) is 0 Å². The molecule has 1 aromatic carbocycles. The van der Waals surface area contributed by atoms with Crippen molar-refractivity contribution in [1.29, 1.82) is 0 Å². The third-order valence-electron chi connectivity index (χ3n) is 2.90. The van der Waals surface area contributed by atoms with Gasteiger partial charge in [-0.15, -0.1) is 0 Å². The van der Waals surface area contributed by atoms with E-state index in [4.69, 9.17) is 4.74 Å². The molecule has 0 aromatic heterocycles. The summed E-state index contributed by atoms with van der Waals surface area (Å²) < 4.78 is 6.67. The van der Waals surface area contributed by atoms with E-state index in [-0.39, 0.29) is 12.0 Å². The molecule has 1 N–H and O–H groups in total. The Hall–Kier alpha value is -0.660. The van der Waals surface area contributed by atoms with Crippen molar-refractivity contribution in [3.8, 4) is 0 Å². The predicted octanol–water partition coefficient (Wildman–Crippen LogP) is 1.35. The van der Waals surface area contributed by atoms with Gasteiger partial charge in [-0.1, -0.05) is 6.07 Å². The molecule has 0 bridgehead atoms. The van der Waals surface area contributed by atoms with Crippen molar-refractivity contribution >= 4 is 28.5 Å². The molecule has 1 heterocycles. The summed E-state index contributed by atoms with van der Waals surface area (Å²) in [6.45, 7) is 3.04. The molecule has 1 aliphatic rings. The van der Waals surface area contributed by atoms with Gasteiger partial charge < -0.3 is 15.0 Å². The van der Waals surface area contributed by atoms with Gasteiger partial charge in [-0.25, -0.2) is 0 Å². The molecule has 2 rings (SSSR count). The van der Waals surface area contributed by atoms with Gasteiger partial charge in [-0.05, 0) is 40.8 Å². The van der Waals surface area contributed by atoms with Crippen LogP contribution in [0.25, 0.3) is 0 Å². The third kappa shape index (κ3) is 3.66. The van der Waals surface area contributed by atoms with Crippen molar-refractivity contribution in [3.63, 3.8) is 0 Å². The second kappa shape index (κ2) is 6.49. The molecule has 0 aliphatic carbocycles. The molecule has 98 valence electrons. The average molecular weight is 360 g/mol. The number of hydrogen-bond acceptors (Lipinski definition) is 3. The summed E-state index contributed by atoms with van der Waals surface area (Å²) in [5.74, 6) is 0.0442. The first-order valence-electron chi connectivity index (χ1n) is 6.00. The second-order valence-corrected chi connectivity index (χ2v) is 5.64. The van der Waals surface area contributed by atoms with E-state index >= 15 is 0 Å². The molecule has 1 aromatic rings. The van der Waals surface area contributed by atoms with E-state index in [1.807, 2.05) is 31.3 Å². The molecule has 1 fully saturated rings. The largest absolute Gasteiger partial charge is 0.374 e. The van der Waals surface area contributed by atoms with Crippen LogP contribution in [0.1, 0.15) is 10.4 Å². The van der Waals surface area contributed by atoms with Crippen LogP contribution in [0.15, 0.2) is 24.3 Å². The summed E-state index contributed by atoms with van der Waals surface area (Å²) in [5, 5.41) is 3.26. The predicted molar refractivity (Wildman–Crippen MR) is 78.7 cm³/mol. The van der Waals surface area contributed by atoms with Gasteiger partial charge in [0.25, 0.3) is 5.91 Å². The highest BCUT2D eigenvalue weighted by Gasteiger charge is 2.19. The van der Waals surface area contributed by atoms with Crippen molar-refractivity contribution < 1.29 is 9.53 Å². The minimum atomic E-state index is 0.0442. The number of hydrogen-bond donors (Lipinski definition) is 1. The third-order valence-corrected chi connectivity index (χ3v) is 3.57. The highest BCUT2D eigenvalue weighted by atomic mass is 127. The number of nitrogens with one attached hydrogen (secondary N) is 1. The first-order valence-corrected chi connectivity index (χ1v) is 7.08. The lowest BCUT2D eigenvalue weighted by molar-refractivity contribution is 0.0104. The van der Waals surface area contributed by atoms with Crippen LogP contribution >= 0.6 is 22.6 Å². The SMILES string of the molecule is CN(CC1CNCCO1)C(=O)c1cccc(I)c1. The molecule has 5 heteroatoms. The monoisotopic (exact) mass is 360 g/mol. The molecular formula is C13H17IN2O2. The van der Waals surface area contributed by atoms with Gasteiger partial charge in [0, 0.05) is 35.8 Å². The second-order valence-electron chi connectivity index (χ2n) is 4.39. The fourth-order valence-corrected chi connectivity index (χ4v) is 2.51. The number of rotatable bonds is 3. The number of likely N-dealkylation sites (N-methyl/N-ethyl adjacent to an activating group) is 1.